The summed E-state index contributed by atoms with van der Waals surface area (Å²) < 4.78 is 85.4. The predicted octanol–water partition coefficient (Wildman–Crippen LogP) is 4.98. The fourth-order valence-corrected chi connectivity index (χ4v) is 5.02. The molecule has 3 aromatic rings. The Labute approximate surface area is 251 Å². The van der Waals surface area contributed by atoms with Gasteiger partial charge in [-0.25, -0.2) is 13.8 Å². The number of piperidine rings is 1. The lowest BCUT2D eigenvalue weighted by molar-refractivity contribution is -0.137. The molecule has 0 bridgehead atoms. The lowest BCUT2D eigenvalue weighted by atomic mass is 9.96. The highest BCUT2D eigenvalue weighted by Crippen LogP contribution is 2.44. The zero-order valence-corrected chi connectivity index (χ0v) is 24.9. The summed E-state index contributed by atoms with van der Waals surface area (Å²) in [6, 6.07) is 0.480. The fraction of sp³-hybridized carbons (Fsp3) is 0.517. The largest absolute Gasteiger partial charge is 0.474 e. The van der Waals surface area contributed by atoms with Crippen LogP contribution >= 0.6 is 0 Å². The Balaban J connectivity index is 0.00000216. The molecule has 5 N–H and O–H groups in total. The number of hydrogen-bond acceptors (Lipinski definition) is 9. The highest BCUT2D eigenvalue weighted by molar-refractivity contribution is 5.96. The SMILES string of the molecule is CC.Cc1c(F)c(N)cc(-c2nc3c4c(nc(OCC5CCC(=O)NC5)nc4c2F)NCCNCCC(C)O3)c1C(F)(F)F. The summed E-state index contributed by atoms with van der Waals surface area (Å²) in [5, 5.41) is 9.08. The van der Waals surface area contributed by atoms with Crippen molar-refractivity contribution in [3.05, 3.63) is 28.8 Å². The summed E-state index contributed by atoms with van der Waals surface area (Å²) in [7, 11) is 0. The van der Waals surface area contributed by atoms with Crippen LogP contribution in [0.15, 0.2) is 6.07 Å². The molecular weight excluding hydrogens is 589 g/mol. The minimum Gasteiger partial charge on any atom is -0.474 e. The molecule has 5 rings (SSSR count). The molecule has 0 saturated carbocycles. The van der Waals surface area contributed by atoms with E-state index in [1.165, 1.54) is 0 Å². The van der Waals surface area contributed by atoms with E-state index in [-0.39, 0.29) is 41.5 Å². The zero-order chi connectivity index (χ0) is 32.2. The van der Waals surface area contributed by atoms with Crippen molar-refractivity contribution in [2.45, 2.75) is 59.2 Å². The highest BCUT2D eigenvalue weighted by atomic mass is 19.4. The summed E-state index contributed by atoms with van der Waals surface area (Å²) >= 11 is 0. The van der Waals surface area contributed by atoms with E-state index in [0.29, 0.717) is 51.5 Å². The first-order chi connectivity index (χ1) is 20.9. The van der Waals surface area contributed by atoms with Crippen LogP contribution < -0.4 is 31.2 Å². The molecule has 44 heavy (non-hydrogen) atoms. The molecule has 4 heterocycles. The lowest BCUT2D eigenvalue weighted by Crippen LogP contribution is -2.37. The first kappa shape index (κ1) is 32.9. The summed E-state index contributed by atoms with van der Waals surface area (Å²) in [4.78, 5) is 24.3. The third-order valence-corrected chi connectivity index (χ3v) is 7.25. The summed E-state index contributed by atoms with van der Waals surface area (Å²) in [5.41, 5.74) is 0.981. The molecule has 2 aromatic heterocycles. The maximum atomic E-state index is 16.4. The van der Waals surface area contributed by atoms with Gasteiger partial charge in [-0.05, 0) is 44.9 Å². The van der Waals surface area contributed by atoms with Gasteiger partial charge in [-0.2, -0.15) is 23.1 Å². The molecule has 2 aliphatic heterocycles. The van der Waals surface area contributed by atoms with Gasteiger partial charge in [-0.3, -0.25) is 4.79 Å². The number of carbonyl (C=O) groups is 1. The highest BCUT2D eigenvalue weighted by Gasteiger charge is 2.39. The van der Waals surface area contributed by atoms with Crippen LogP contribution in [0.1, 0.15) is 51.2 Å². The number of halogens is 5. The van der Waals surface area contributed by atoms with E-state index in [1.807, 2.05) is 13.8 Å². The molecule has 1 aromatic carbocycles. The number of ether oxygens (including phenoxy) is 2. The Morgan fingerprint density at radius 2 is 1.82 bits per heavy atom. The van der Waals surface area contributed by atoms with E-state index in [9.17, 15) is 22.4 Å². The Kier molecular flexibility index (Phi) is 10.3. The van der Waals surface area contributed by atoms with Gasteiger partial charge < -0.3 is 31.2 Å². The summed E-state index contributed by atoms with van der Waals surface area (Å²) in [6.07, 6.45) is -4.12. The van der Waals surface area contributed by atoms with Crippen LogP contribution in [0.5, 0.6) is 11.9 Å². The third kappa shape index (κ3) is 7.03. The minimum atomic E-state index is -5.06. The number of aromatic nitrogens is 3. The van der Waals surface area contributed by atoms with Crippen LogP contribution in [-0.4, -0.2) is 59.7 Å². The van der Waals surface area contributed by atoms with Crippen molar-refractivity contribution in [1.29, 1.82) is 0 Å². The van der Waals surface area contributed by atoms with Gasteiger partial charge in [-0.15, -0.1) is 0 Å². The van der Waals surface area contributed by atoms with Crippen molar-refractivity contribution in [3.63, 3.8) is 0 Å². The molecule has 1 fully saturated rings. The van der Waals surface area contributed by atoms with Crippen molar-refractivity contribution in [1.82, 2.24) is 25.6 Å². The standard InChI is InChI=1S/C27H30F5N7O3.C2H6/c1-12-5-6-34-7-8-35-24-18-23(38-26(39-24)41-11-14-3-4-17(40)36-10-14)21(29)22(37-25(18)42-12)15-9-16(33)20(28)13(2)19(15)27(30,31)32;1-2/h9,12,14,34H,3-8,10-11,33H2,1-2H3,(H,36,40)(H,35,38,39);1-2H3. The van der Waals surface area contributed by atoms with E-state index in [0.717, 1.165) is 6.92 Å². The summed E-state index contributed by atoms with van der Waals surface area (Å²) in [5.74, 6) is -2.67. The minimum absolute atomic E-state index is 0.0163. The topological polar surface area (TPSA) is 136 Å². The lowest BCUT2D eigenvalue weighted by Gasteiger charge is -2.23. The second-order valence-corrected chi connectivity index (χ2v) is 10.4. The van der Waals surface area contributed by atoms with Gasteiger partial charge in [0, 0.05) is 37.5 Å². The Bertz CT molecular complexity index is 1510. The van der Waals surface area contributed by atoms with Crippen LogP contribution in [0.4, 0.5) is 33.5 Å². The number of nitrogens with two attached hydrogens (primary N) is 1. The maximum Gasteiger partial charge on any atom is 0.417 e. The molecule has 0 radical (unpaired) electrons. The average molecular weight is 626 g/mol. The normalized spacial score (nSPS) is 19.1. The molecular formula is C29H36F5N7O3. The molecule has 1 amide bonds. The first-order valence-electron chi connectivity index (χ1n) is 14.5. The van der Waals surface area contributed by atoms with E-state index in [4.69, 9.17) is 15.2 Å². The van der Waals surface area contributed by atoms with Crippen molar-refractivity contribution in [3.8, 4) is 23.1 Å². The molecule has 2 aliphatic rings. The first-order valence-corrected chi connectivity index (χ1v) is 14.5. The number of alkyl halides is 3. The number of pyridine rings is 1. The molecule has 2 atom stereocenters. The van der Waals surface area contributed by atoms with Crippen LogP contribution in [0.25, 0.3) is 22.2 Å². The smallest absolute Gasteiger partial charge is 0.417 e. The average Bonchev–Trinajstić information content (AvgIpc) is 3.01. The number of carbonyl (C=O) groups excluding carboxylic acids is 1. The van der Waals surface area contributed by atoms with Crippen molar-refractivity contribution >= 4 is 28.3 Å². The Morgan fingerprint density at radius 1 is 1.07 bits per heavy atom. The van der Waals surface area contributed by atoms with E-state index >= 15 is 4.39 Å². The molecule has 2 unspecified atom stereocenters. The maximum absolute atomic E-state index is 16.4. The quantitative estimate of drug-likeness (QED) is 0.234. The second-order valence-electron chi connectivity index (χ2n) is 10.4. The molecule has 0 spiro atoms. The van der Waals surface area contributed by atoms with Crippen LogP contribution in [0.3, 0.4) is 0 Å². The number of amides is 1. The van der Waals surface area contributed by atoms with Crippen molar-refractivity contribution in [2.75, 3.05) is 43.8 Å². The number of rotatable bonds is 4. The van der Waals surface area contributed by atoms with E-state index < -0.39 is 57.5 Å². The second kappa shape index (κ2) is 13.7. The van der Waals surface area contributed by atoms with Gasteiger partial charge >= 0.3 is 12.2 Å². The number of anilines is 2. The van der Waals surface area contributed by atoms with E-state index in [1.54, 1.807) is 6.92 Å². The number of hydrogen-bond donors (Lipinski definition) is 4. The summed E-state index contributed by atoms with van der Waals surface area (Å²) in [6.45, 7) is 8.62. The molecule has 1 saturated heterocycles. The van der Waals surface area contributed by atoms with Crippen LogP contribution in [0.2, 0.25) is 0 Å². The monoisotopic (exact) mass is 625 g/mol. The van der Waals surface area contributed by atoms with Crippen LogP contribution in [0, 0.1) is 24.5 Å². The van der Waals surface area contributed by atoms with Crippen molar-refractivity contribution in [2.24, 2.45) is 5.92 Å². The van der Waals surface area contributed by atoms with Crippen molar-refractivity contribution < 1.29 is 36.2 Å². The number of nitrogens with one attached hydrogen (secondary N) is 3. The van der Waals surface area contributed by atoms with Gasteiger partial charge in [0.1, 0.15) is 28.2 Å². The van der Waals surface area contributed by atoms with Gasteiger partial charge in [0.05, 0.1) is 24.0 Å². The van der Waals surface area contributed by atoms with Gasteiger partial charge in [0.25, 0.3) is 0 Å². The molecule has 10 nitrogen and oxygen atoms in total. The zero-order valence-electron chi connectivity index (χ0n) is 24.9. The molecule has 0 aliphatic carbocycles. The van der Waals surface area contributed by atoms with Crippen LogP contribution in [-0.2, 0) is 11.0 Å². The third-order valence-electron chi connectivity index (χ3n) is 7.25. The fourth-order valence-electron chi connectivity index (χ4n) is 5.02. The van der Waals surface area contributed by atoms with Gasteiger partial charge in [0.15, 0.2) is 5.82 Å². The number of nitrogens with zero attached hydrogens (tertiary/aromatic N) is 3. The number of benzene rings is 1. The van der Waals surface area contributed by atoms with Gasteiger partial charge in [-0.1, -0.05) is 13.8 Å². The van der Waals surface area contributed by atoms with Gasteiger partial charge in [0.2, 0.25) is 11.8 Å². The Morgan fingerprint density at radius 3 is 2.50 bits per heavy atom. The molecule has 15 heteroatoms. The molecule has 240 valence electrons. The predicted molar refractivity (Wildman–Crippen MR) is 155 cm³/mol. The number of nitrogen functional groups attached to an aromatic ring is 1. The Hall–Kier alpha value is -4.01. The van der Waals surface area contributed by atoms with E-state index in [2.05, 4.69) is 30.9 Å².